The van der Waals surface area contributed by atoms with Crippen LogP contribution in [0.15, 0.2) is 12.1 Å². The topological polar surface area (TPSA) is 107 Å². The number of thiol groups is 1. The molecule has 2 aromatic rings. The van der Waals surface area contributed by atoms with Crippen molar-refractivity contribution in [2.24, 2.45) is 0 Å². The summed E-state index contributed by atoms with van der Waals surface area (Å²) in [5.41, 5.74) is 11.7. The molecule has 10 heteroatoms. The Labute approximate surface area is 140 Å². The number of amides is 1. The summed E-state index contributed by atoms with van der Waals surface area (Å²) in [6.45, 7) is 0. The molecule has 0 fully saturated rings. The molecule has 0 spiro atoms. The van der Waals surface area contributed by atoms with Gasteiger partial charge < -0.3 is 11.5 Å². The predicted octanol–water partition coefficient (Wildman–Crippen LogP) is 2.84. The molecule has 0 aliphatic rings. The highest BCUT2D eigenvalue weighted by molar-refractivity contribution is 7.78. The van der Waals surface area contributed by atoms with Gasteiger partial charge in [-0.05, 0) is 12.1 Å². The van der Waals surface area contributed by atoms with Crippen LogP contribution >= 0.6 is 47.6 Å². The van der Waals surface area contributed by atoms with Crippen LogP contribution < -0.4 is 16.2 Å². The van der Waals surface area contributed by atoms with Gasteiger partial charge in [-0.15, -0.1) is 0 Å². The van der Waals surface area contributed by atoms with Crippen molar-refractivity contribution in [3.63, 3.8) is 0 Å². The van der Waals surface area contributed by atoms with Crippen LogP contribution in [0.25, 0.3) is 11.3 Å². The van der Waals surface area contributed by atoms with Gasteiger partial charge in [-0.1, -0.05) is 47.6 Å². The van der Waals surface area contributed by atoms with E-state index in [1.54, 1.807) is 0 Å². The number of carbonyl (C=O) groups is 1. The van der Waals surface area contributed by atoms with Crippen molar-refractivity contribution < 1.29 is 4.79 Å². The Morgan fingerprint density at radius 1 is 1.14 bits per heavy atom. The minimum atomic E-state index is -0.631. The molecule has 0 unspecified atom stereocenters. The molecule has 0 aliphatic heterocycles. The first-order valence-electron chi connectivity index (χ1n) is 5.37. The van der Waals surface area contributed by atoms with Crippen molar-refractivity contribution in [2.75, 3.05) is 11.5 Å². The first-order chi connectivity index (χ1) is 9.85. The van der Waals surface area contributed by atoms with Crippen molar-refractivity contribution in [3.8, 4) is 11.3 Å². The molecule has 0 saturated carbocycles. The number of nitrogen functional groups attached to an aromatic ring is 2. The van der Waals surface area contributed by atoms with E-state index < -0.39 is 5.91 Å². The second kappa shape index (κ2) is 6.15. The third kappa shape index (κ3) is 3.11. The van der Waals surface area contributed by atoms with Crippen LogP contribution in [-0.4, -0.2) is 15.9 Å². The standard InChI is InChI=1S/C11H8Cl3N5OS/c12-3-1-4(6(14)5(13)2-3)7-9(15)18-10(16)8(17-7)11(20)19-21/h1-2,21H,(H,19,20)(H4,15,16,18). The second-order valence-corrected chi connectivity index (χ2v) is 5.33. The number of nitrogens with one attached hydrogen (secondary N) is 1. The number of anilines is 2. The molecule has 1 heterocycles. The molecule has 21 heavy (non-hydrogen) atoms. The van der Waals surface area contributed by atoms with Crippen molar-refractivity contribution in [1.82, 2.24) is 14.7 Å². The fourth-order valence-electron chi connectivity index (χ4n) is 1.61. The lowest BCUT2D eigenvalue weighted by molar-refractivity contribution is 0.0981. The zero-order valence-corrected chi connectivity index (χ0v) is 13.4. The molecule has 5 N–H and O–H groups in total. The molecule has 0 radical (unpaired) electrons. The minimum absolute atomic E-state index is 0.0107. The third-order valence-electron chi connectivity index (χ3n) is 2.51. The van der Waals surface area contributed by atoms with Gasteiger partial charge >= 0.3 is 0 Å². The number of hydrogen-bond acceptors (Lipinski definition) is 6. The summed E-state index contributed by atoms with van der Waals surface area (Å²) >= 11 is 21.7. The van der Waals surface area contributed by atoms with E-state index in [-0.39, 0.29) is 33.1 Å². The minimum Gasteiger partial charge on any atom is -0.382 e. The fraction of sp³-hybridized carbons (Fsp3) is 0. The van der Waals surface area contributed by atoms with Gasteiger partial charge in [0.15, 0.2) is 17.3 Å². The smallest absolute Gasteiger partial charge is 0.283 e. The van der Waals surface area contributed by atoms with E-state index in [9.17, 15) is 4.79 Å². The first kappa shape index (κ1) is 16.0. The molecule has 0 aliphatic carbocycles. The second-order valence-electron chi connectivity index (χ2n) is 3.88. The predicted molar refractivity (Wildman–Crippen MR) is 87.8 cm³/mol. The highest BCUT2D eigenvalue weighted by Gasteiger charge is 2.19. The molecule has 0 bridgehead atoms. The highest BCUT2D eigenvalue weighted by Crippen LogP contribution is 2.37. The average Bonchev–Trinajstić information content (AvgIpc) is 2.42. The van der Waals surface area contributed by atoms with Gasteiger partial charge in [0.25, 0.3) is 5.91 Å². The third-order valence-corrected chi connectivity index (χ3v) is 3.74. The van der Waals surface area contributed by atoms with Crippen LogP contribution in [0.3, 0.4) is 0 Å². The molecule has 1 aromatic heterocycles. The molecule has 6 nitrogen and oxygen atoms in total. The van der Waals surface area contributed by atoms with E-state index in [0.29, 0.717) is 10.6 Å². The van der Waals surface area contributed by atoms with Crippen LogP contribution in [0, 0.1) is 0 Å². The lowest BCUT2D eigenvalue weighted by atomic mass is 10.1. The molecular formula is C11H8Cl3N5OS. The van der Waals surface area contributed by atoms with E-state index >= 15 is 0 Å². The van der Waals surface area contributed by atoms with Crippen molar-refractivity contribution in [3.05, 3.63) is 32.9 Å². The molecule has 1 aromatic carbocycles. The van der Waals surface area contributed by atoms with Gasteiger partial charge in [0.1, 0.15) is 5.69 Å². The maximum absolute atomic E-state index is 11.7. The summed E-state index contributed by atoms with van der Waals surface area (Å²) in [6, 6.07) is 2.98. The van der Waals surface area contributed by atoms with Gasteiger partial charge in [-0.25, -0.2) is 9.97 Å². The Morgan fingerprint density at radius 3 is 2.43 bits per heavy atom. The largest absolute Gasteiger partial charge is 0.382 e. The van der Waals surface area contributed by atoms with E-state index in [0.717, 1.165) is 0 Å². The summed E-state index contributed by atoms with van der Waals surface area (Å²) in [7, 11) is 0. The summed E-state index contributed by atoms with van der Waals surface area (Å²) in [6.07, 6.45) is 0. The summed E-state index contributed by atoms with van der Waals surface area (Å²) in [5.74, 6) is -0.774. The van der Waals surface area contributed by atoms with E-state index in [1.807, 2.05) is 0 Å². The average molecular weight is 365 g/mol. The molecule has 110 valence electrons. The fourth-order valence-corrected chi connectivity index (χ4v) is 2.41. The number of hydrogen-bond donors (Lipinski definition) is 4. The normalized spacial score (nSPS) is 10.5. The Bertz CT molecular complexity index is 740. The van der Waals surface area contributed by atoms with Gasteiger partial charge in [-0.3, -0.25) is 9.52 Å². The zero-order chi connectivity index (χ0) is 15.7. The highest BCUT2D eigenvalue weighted by atomic mass is 35.5. The number of aromatic nitrogens is 2. The van der Waals surface area contributed by atoms with Crippen molar-refractivity contribution in [2.45, 2.75) is 0 Å². The maximum Gasteiger partial charge on any atom is 0.283 e. The molecule has 0 saturated heterocycles. The quantitative estimate of drug-likeness (QED) is 0.484. The van der Waals surface area contributed by atoms with Crippen LogP contribution in [-0.2, 0) is 0 Å². The van der Waals surface area contributed by atoms with Crippen molar-refractivity contribution in [1.29, 1.82) is 0 Å². The summed E-state index contributed by atoms with van der Waals surface area (Å²) in [4.78, 5) is 19.6. The number of benzene rings is 1. The maximum atomic E-state index is 11.7. The van der Waals surface area contributed by atoms with E-state index in [4.69, 9.17) is 46.3 Å². The molecule has 0 atom stereocenters. The Kier molecular flexibility index (Phi) is 4.67. The van der Waals surface area contributed by atoms with Gasteiger partial charge in [-0.2, -0.15) is 0 Å². The molecule has 1 amide bonds. The lowest BCUT2D eigenvalue weighted by Crippen LogP contribution is -2.19. The number of nitrogens with zero attached hydrogens (tertiary/aromatic N) is 2. The Morgan fingerprint density at radius 2 is 1.81 bits per heavy atom. The SMILES string of the molecule is Nc1nc(N)c(-c2cc(Cl)cc(Cl)c2Cl)nc1C(=O)NS. The number of rotatable bonds is 2. The lowest BCUT2D eigenvalue weighted by Gasteiger charge is -2.11. The monoisotopic (exact) mass is 363 g/mol. The van der Waals surface area contributed by atoms with E-state index in [1.165, 1.54) is 12.1 Å². The Hall–Kier alpha value is -1.41. The van der Waals surface area contributed by atoms with Gasteiger partial charge in [0.05, 0.1) is 10.0 Å². The van der Waals surface area contributed by atoms with Crippen LogP contribution in [0.5, 0.6) is 0 Å². The van der Waals surface area contributed by atoms with Crippen LogP contribution in [0.1, 0.15) is 10.5 Å². The zero-order valence-electron chi connectivity index (χ0n) is 10.2. The van der Waals surface area contributed by atoms with Crippen LogP contribution in [0.2, 0.25) is 15.1 Å². The first-order valence-corrected chi connectivity index (χ1v) is 6.95. The number of halogens is 3. The summed E-state index contributed by atoms with van der Waals surface area (Å²) in [5, 5.41) is 0.735. The summed E-state index contributed by atoms with van der Waals surface area (Å²) < 4.78 is 2.10. The molecule has 2 rings (SSSR count). The van der Waals surface area contributed by atoms with Crippen LogP contribution in [0.4, 0.5) is 11.6 Å². The van der Waals surface area contributed by atoms with Crippen molar-refractivity contribution >= 4 is 65.2 Å². The Balaban J connectivity index is 2.72. The van der Waals surface area contributed by atoms with E-state index in [2.05, 4.69) is 27.5 Å². The number of nitrogens with two attached hydrogens (primary N) is 2. The molecular weight excluding hydrogens is 357 g/mol. The van der Waals surface area contributed by atoms with Gasteiger partial charge in [0.2, 0.25) is 0 Å². The number of carbonyl (C=O) groups excluding carboxylic acids is 1. The van der Waals surface area contributed by atoms with Gasteiger partial charge in [0, 0.05) is 10.6 Å².